The third-order valence-corrected chi connectivity index (χ3v) is 4.79. The summed E-state index contributed by atoms with van der Waals surface area (Å²) >= 11 is 0. The van der Waals surface area contributed by atoms with Crippen molar-refractivity contribution in [2.75, 3.05) is 13.7 Å². The maximum absolute atomic E-state index is 12.9. The summed E-state index contributed by atoms with van der Waals surface area (Å²) in [6, 6.07) is 3.53. The van der Waals surface area contributed by atoms with E-state index in [-0.39, 0.29) is 18.1 Å². The zero-order valence-corrected chi connectivity index (χ0v) is 13.9. The number of carbonyl (C=O) groups excluding carboxylic acids is 1. The van der Waals surface area contributed by atoms with Crippen LogP contribution in [-0.4, -0.2) is 50.7 Å². The highest BCUT2D eigenvalue weighted by Gasteiger charge is 2.39. The zero-order chi connectivity index (χ0) is 16.7. The van der Waals surface area contributed by atoms with Crippen molar-refractivity contribution < 1.29 is 9.53 Å². The summed E-state index contributed by atoms with van der Waals surface area (Å²) in [5, 5.41) is 7.36. The average Bonchev–Trinajstić information content (AvgIpc) is 3.18. The van der Waals surface area contributed by atoms with Crippen LogP contribution in [0.25, 0.3) is 0 Å². The molecule has 0 aromatic carbocycles. The molecule has 2 aliphatic rings. The summed E-state index contributed by atoms with van der Waals surface area (Å²) in [6.45, 7) is 2.45. The van der Waals surface area contributed by atoms with Crippen molar-refractivity contribution in [3.8, 4) is 0 Å². The van der Waals surface area contributed by atoms with Gasteiger partial charge in [0.15, 0.2) is 5.82 Å². The Kier molecular flexibility index (Phi) is 3.80. The summed E-state index contributed by atoms with van der Waals surface area (Å²) in [4.78, 5) is 23.6. The van der Waals surface area contributed by atoms with Gasteiger partial charge in [0, 0.05) is 37.9 Å². The molecule has 0 radical (unpaired) electrons. The van der Waals surface area contributed by atoms with E-state index in [2.05, 4.69) is 20.2 Å². The van der Waals surface area contributed by atoms with E-state index >= 15 is 0 Å². The van der Waals surface area contributed by atoms with Crippen LogP contribution in [0.3, 0.4) is 0 Å². The van der Waals surface area contributed by atoms with Crippen molar-refractivity contribution in [2.45, 2.75) is 44.2 Å². The van der Waals surface area contributed by atoms with Crippen LogP contribution in [0.15, 0.2) is 18.3 Å². The lowest BCUT2D eigenvalue weighted by Gasteiger charge is -2.22. The molecule has 1 aliphatic carbocycles. The highest BCUT2D eigenvalue weighted by molar-refractivity contribution is 5.94. The lowest BCUT2D eigenvalue weighted by Crippen LogP contribution is -2.32. The third kappa shape index (κ3) is 2.80. The first kappa shape index (κ1) is 15.3. The van der Waals surface area contributed by atoms with E-state index < -0.39 is 0 Å². The van der Waals surface area contributed by atoms with E-state index in [0.717, 1.165) is 36.6 Å². The molecule has 2 atom stereocenters. The summed E-state index contributed by atoms with van der Waals surface area (Å²) in [5.41, 5.74) is 1.48. The highest BCUT2D eigenvalue weighted by Crippen LogP contribution is 2.39. The van der Waals surface area contributed by atoms with Gasteiger partial charge >= 0.3 is 0 Å². The number of rotatable bonds is 4. The van der Waals surface area contributed by atoms with Crippen LogP contribution in [0.2, 0.25) is 0 Å². The minimum Gasteiger partial charge on any atom is -0.380 e. The second-order valence-corrected chi connectivity index (χ2v) is 6.61. The molecular weight excluding hydrogens is 306 g/mol. The number of amides is 1. The van der Waals surface area contributed by atoms with E-state index in [9.17, 15) is 4.79 Å². The SMILES string of the molecule is CO[C@@H]1C[C@@H](c2nc(C3CC3)n[nH]2)N(C(=O)c2ccc(C)nc2)C1. The van der Waals surface area contributed by atoms with Crippen LogP contribution in [0.5, 0.6) is 0 Å². The Balaban J connectivity index is 1.60. The molecule has 1 saturated carbocycles. The summed E-state index contributed by atoms with van der Waals surface area (Å²) < 4.78 is 5.49. The van der Waals surface area contributed by atoms with Crippen molar-refractivity contribution in [3.05, 3.63) is 41.2 Å². The number of ether oxygens (including phenoxy) is 1. The molecule has 2 fully saturated rings. The molecule has 2 aromatic rings. The van der Waals surface area contributed by atoms with Gasteiger partial charge in [-0.15, -0.1) is 0 Å². The number of hydrogen-bond donors (Lipinski definition) is 1. The lowest BCUT2D eigenvalue weighted by atomic mass is 10.1. The van der Waals surface area contributed by atoms with E-state index in [1.807, 2.05) is 24.0 Å². The molecule has 0 spiro atoms. The predicted octanol–water partition coefficient (Wildman–Crippen LogP) is 1.99. The predicted molar refractivity (Wildman–Crippen MR) is 86.5 cm³/mol. The summed E-state index contributed by atoms with van der Waals surface area (Å²) in [7, 11) is 1.68. The van der Waals surface area contributed by atoms with Crippen molar-refractivity contribution in [2.24, 2.45) is 0 Å². The first-order valence-electron chi connectivity index (χ1n) is 8.34. The largest absolute Gasteiger partial charge is 0.380 e. The number of aromatic amines is 1. The standard InChI is InChI=1S/C17H21N5O2/c1-10-3-4-12(8-18-10)17(23)22-9-13(24-2)7-14(22)16-19-15(20-21-16)11-5-6-11/h3-4,8,11,13-14H,5-7,9H2,1-2H3,(H,19,20,21)/t13-,14+/m1/s1. The van der Waals surface area contributed by atoms with Gasteiger partial charge in [-0.1, -0.05) is 0 Å². The van der Waals surface area contributed by atoms with Gasteiger partial charge in [0.25, 0.3) is 5.91 Å². The Morgan fingerprint density at radius 2 is 2.21 bits per heavy atom. The van der Waals surface area contributed by atoms with Gasteiger partial charge in [0.2, 0.25) is 0 Å². The van der Waals surface area contributed by atoms with Crippen molar-refractivity contribution in [1.82, 2.24) is 25.1 Å². The molecule has 3 heterocycles. The molecule has 2 aromatic heterocycles. The Labute approximate surface area is 140 Å². The molecule has 1 amide bonds. The second-order valence-electron chi connectivity index (χ2n) is 6.61. The number of aromatic nitrogens is 4. The molecule has 0 bridgehead atoms. The number of aryl methyl sites for hydroxylation is 1. The van der Waals surface area contributed by atoms with E-state index in [0.29, 0.717) is 18.0 Å². The molecule has 7 nitrogen and oxygen atoms in total. The minimum absolute atomic E-state index is 0.00633. The molecular formula is C17H21N5O2. The van der Waals surface area contributed by atoms with Crippen molar-refractivity contribution in [1.29, 1.82) is 0 Å². The fourth-order valence-electron chi connectivity index (χ4n) is 3.17. The minimum atomic E-state index is -0.135. The Morgan fingerprint density at radius 3 is 2.88 bits per heavy atom. The van der Waals surface area contributed by atoms with Crippen LogP contribution >= 0.6 is 0 Å². The highest BCUT2D eigenvalue weighted by atomic mass is 16.5. The van der Waals surface area contributed by atoms with Gasteiger partial charge in [-0.05, 0) is 31.9 Å². The molecule has 4 rings (SSSR count). The number of methoxy groups -OCH3 is 1. The number of pyridine rings is 1. The average molecular weight is 327 g/mol. The number of carbonyl (C=O) groups is 1. The molecule has 126 valence electrons. The fraction of sp³-hybridized carbons (Fsp3) is 0.529. The maximum atomic E-state index is 12.9. The molecule has 1 aliphatic heterocycles. The molecule has 24 heavy (non-hydrogen) atoms. The van der Waals surface area contributed by atoms with Crippen molar-refractivity contribution in [3.63, 3.8) is 0 Å². The number of hydrogen-bond acceptors (Lipinski definition) is 5. The van der Waals surface area contributed by atoms with Crippen LogP contribution in [0.4, 0.5) is 0 Å². The lowest BCUT2D eigenvalue weighted by molar-refractivity contribution is 0.0684. The van der Waals surface area contributed by atoms with Gasteiger partial charge in [-0.2, -0.15) is 5.10 Å². The normalized spacial score (nSPS) is 23.7. The van der Waals surface area contributed by atoms with Gasteiger partial charge in [0.05, 0.1) is 17.7 Å². The topological polar surface area (TPSA) is 84.0 Å². The Bertz CT molecular complexity index is 738. The molecule has 7 heteroatoms. The van der Waals surface area contributed by atoms with Crippen LogP contribution < -0.4 is 0 Å². The summed E-state index contributed by atoms with van der Waals surface area (Å²) in [5.74, 6) is 2.07. The Morgan fingerprint density at radius 1 is 1.38 bits per heavy atom. The molecule has 1 saturated heterocycles. The summed E-state index contributed by atoms with van der Waals surface area (Å²) in [6.07, 6.45) is 4.67. The van der Waals surface area contributed by atoms with E-state index in [4.69, 9.17) is 4.74 Å². The quantitative estimate of drug-likeness (QED) is 0.928. The zero-order valence-electron chi connectivity index (χ0n) is 13.9. The number of nitrogens with zero attached hydrogens (tertiary/aromatic N) is 4. The van der Waals surface area contributed by atoms with Gasteiger partial charge in [0.1, 0.15) is 5.82 Å². The Hall–Kier alpha value is -2.28. The molecule has 1 N–H and O–H groups in total. The van der Waals surface area contributed by atoms with Crippen LogP contribution in [0.1, 0.15) is 58.9 Å². The third-order valence-electron chi connectivity index (χ3n) is 4.79. The van der Waals surface area contributed by atoms with Crippen molar-refractivity contribution >= 4 is 5.91 Å². The van der Waals surface area contributed by atoms with Crippen LogP contribution in [-0.2, 0) is 4.74 Å². The maximum Gasteiger partial charge on any atom is 0.256 e. The monoisotopic (exact) mass is 327 g/mol. The first-order valence-corrected chi connectivity index (χ1v) is 8.34. The van der Waals surface area contributed by atoms with E-state index in [1.54, 1.807) is 13.3 Å². The van der Waals surface area contributed by atoms with Crippen LogP contribution in [0, 0.1) is 6.92 Å². The van der Waals surface area contributed by atoms with E-state index in [1.165, 1.54) is 0 Å². The number of nitrogens with one attached hydrogen (secondary N) is 1. The first-order chi connectivity index (χ1) is 11.7. The van der Waals surface area contributed by atoms with Gasteiger partial charge in [-0.25, -0.2) is 4.98 Å². The smallest absolute Gasteiger partial charge is 0.256 e. The number of likely N-dealkylation sites (tertiary alicyclic amines) is 1. The van der Waals surface area contributed by atoms with Gasteiger partial charge < -0.3 is 9.64 Å². The fourth-order valence-corrected chi connectivity index (χ4v) is 3.17. The van der Waals surface area contributed by atoms with Gasteiger partial charge in [-0.3, -0.25) is 14.9 Å². The molecule has 0 unspecified atom stereocenters. The second kappa shape index (κ2) is 5.98. The number of H-pyrrole nitrogens is 1.